The summed E-state index contributed by atoms with van der Waals surface area (Å²) in [5.74, 6) is -0.281. The summed E-state index contributed by atoms with van der Waals surface area (Å²) < 4.78 is 5.09. The summed E-state index contributed by atoms with van der Waals surface area (Å²) in [5.41, 5.74) is 9.64. The topological polar surface area (TPSA) is 84.3 Å². The molecule has 0 aliphatic heterocycles. The minimum atomic E-state index is -0.783. The molecule has 2 rings (SSSR count). The fraction of sp³-hybridized carbons (Fsp3) is 0.118. The largest absolute Gasteiger partial charge is 0.452 e. The summed E-state index contributed by atoms with van der Waals surface area (Å²) in [6.45, 7) is 1.56. The molecule has 6 nitrogen and oxygen atoms in total. The molecule has 0 fully saturated rings. The van der Waals surface area contributed by atoms with Crippen molar-refractivity contribution in [3.8, 4) is 5.75 Å². The van der Waals surface area contributed by atoms with Crippen LogP contribution in [0.3, 0.4) is 0 Å². The second-order valence-corrected chi connectivity index (χ2v) is 4.59. The molecule has 0 bridgehead atoms. The number of nitrogens with zero attached hydrogens (tertiary/aromatic N) is 3. The van der Waals surface area contributed by atoms with Gasteiger partial charge in [-0.25, -0.2) is 4.79 Å². The molecule has 0 heterocycles. The smallest absolute Gasteiger partial charge is 0.424 e. The summed E-state index contributed by atoms with van der Waals surface area (Å²) in [5, 5.41) is 3.77. The molecule has 6 heteroatoms. The molecule has 0 unspecified atom stereocenters. The zero-order chi connectivity index (χ0) is 16.5. The number of oxime groups is 1. The van der Waals surface area contributed by atoms with E-state index in [1.807, 2.05) is 36.4 Å². The molecule has 0 N–H and O–H groups in total. The molecule has 0 aromatic heterocycles. The van der Waals surface area contributed by atoms with Crippen molar-refractivity contribution in [2.75, 3.05) is 0 Å². The van der Waals surface area contributed by atoms with E-state index < -0.39 is 5.97 Å². The average Bonchev–Trinajstić information content (AvgIpc) is 2.60. The molecule has 0 saturated heterocycles. The predicted octanol–water partition coefficient (Wildman–Crippen LogP) is 2.86. The molecule has 0 amide bonds. The third-order valence-electron chi connectivity index (χ3n) is 2.88. The average molecular weight is 309 g/mol. The van der Waals surface area contributed by atoms with Gasteiger partial charge in [-0.15, -0.1) is 0 Å². The third kappa shape index (κ3) is 4.91. The third-order valence-corrected chi connectivity index (χ3v) is 2.88. The Labute approximate surface area is 133 Å². The van der Waals surface area contributed by atoms with Crippen LogP contribution in [0.15, 0.2) is 65.8 Å². The van der Waals surface area contributed by atoms with E-state index >= 15 is 0 Å². The lowest BCUT2D eigenvalue weighted by atomic mass is 10.2. The molecule has 116 valence electrons. The quantitative estimate of drug-likeness (QED) is 0.270. The van der Waals surface area contributed by atoms with Gasteiger partial charge in [0.25, 0.3) is 0 Å². The van der Waals surface area contributed by atoms with E-state index in [1.165, 1.54) is 6.92 Å². The first kappa shape index (κ1) is 16.1. The van der Waals surface area contributed by atoms with Gasteiger partial charge in [0.05, 0.1) is 0 Å². The van der Waals surface area contributed by atoms with Gasteiger partial charge >= 0.3 is 11.7 Å². The molecular weight excluding hydrogens is 294 g/mol. The number of hydrogen-bond donors (Lipinski definition) is 0. The Hall–Kier alpha value is -3.24. The first-order valence-electron chi connectivity index (χ1n) is 6.91. The second-order valence-electron chi connectivity index (χ2n) is 4.59. The second kappa shape index (κ2) is 8.26. The Morgan fingerprint density at radius 2 is 1.70 bits per heavy atom. The summed E-state index contributed by atoms with van der Waals surface area (Å²) in [6, 6.07) is 18.0. The minimum absolute atomic E-state index is 0.0749. The van der Waals surface area contributed by atoms with Gasteiger partial charge in [-0.1, -0.05) is 53.7 Å². The lowest BCUT2D eigenvalue weighted by Crippen LogP contribution is -2.26. The lowest BCUT2D eigenvalue weighted by Gasteiger charge is -2.02. The highest BCUT2D eigenvalue weighted by molar-refractivity contribution is 6.63. The summed E-state index contributed by atoms with van der Waals surface area (Å²) >= 11 is 0. The van der Waals surface area contributed by atoms with Gasteiger partial charge in [-0.2, -0.15) is 4.79 Å². The summed E-state index contributed by atoms with van der Waals surface area (Å²) in [7, 11) is 0. The van der Waals surface area contributed by atoms with Crippen molar-refractivity contribution in [3.63, 3.8) is 0 Å². The molecule has 0 aliphatic carbocycles. The molecule has 0 spiro atoms. The molecule has 0 radical (unpaired) electrons. The van der Waals surface area contributed by atoms with E-state index in [-0.39, 0.29) is 18.0 Å². The van der Waals surface area contributed by atoms with Crippen molar-refractivity contribution < 1.29 is 19.2 Å². The lowest BCUT2D eigenvalue weighted by molar-refractivity contribution is -0.140. The Morgan fingerprint density at radius 3 is 2.30 bits per heavy atom. The van der Waals surface area contributed by atoms with Gasteiger partial charge in [0.15, 0.2) is 11.5 Å². The first-order valence-corrected chi connectivity index (χ1v) is 6.91. The number of para-hydroxylation sites is 1. The van der Waals surface area contributed by atoms with E-state index in [0.29, 0.717) is 5.75 Å². The van der Waals surface area contributed by atoms with Crippen molar-refractivity contribution in [2.45, 2.75) is 13.5 Å². The van der Waals surface area contributed by atoms with Gasteiger partial charge in [0.2, 0.25) is 0 Å². The SMILES string of the molecule is C/C(=N\Oc1ccccc1)C(=[N+]=[N-])C(=O)OCc1ccccc1. The van der Waals surface area contributed by atoms with E-state index in [2.05, 4.69) is 9.95 Å². The van der Waals surface area contributed by atoms with Gasteiger partial charge in [0, 0.05) is 0 Å². The van der Waals surface area contributed by atoms with Crippen LogP contribution in [0.5, 0.6) is 5.75 Å². The normalized spacial score (nSPS) is 10.6. The van der Waals surface area contributed by atoms with E-state index in [4.69, 9.17) is 15.1 Å². The highest BCUT2D eigenvalue weighted by atomic mass is 16.6. The van der Waals surface area contributed by atoms with Gasteiger partial charge in [-0.05, 0) is 24.6 Å². The van der Waals surface area contributed by atoms with Crippen molar-refractivity contribution >= 4 is 17.4 Å². The van der Waals surface area contributed by atoms with Crippen LogP contribution in [0.25, 0.3) is 5.53 Å². The monoisotopic (exact) mass is 309 g/mol. The number of carbonyl (C=O) groups excluding carboxylic acids is 1. The van der Waals surface area contributed by atoms with Gasteiger partial charge in [-0.3, -0.25) is 0 Å². The van der Waals surface area contributed by atoms with Crippen LogP contribution in [0, 0.1) is 0 Å². The van der Waals surface area contributed by atoms with Crippen LogP contribution in [-0.2, 0) is 16.1 Å². The zero-order valence-electron chi connectivity index (χ0n) is 12.5. The van der Waals surface area contributed by atoms with Crippen molar-refractivity contribution in [3.05, 3.63) is 71.8 Å². The van der Waals surface area contributed by atoms with Crippen LogP contribution in [-0.4, -0.2) is 22.2 Å². The first-order chi connectivity index (χ1) is 11.2. The molecule has 23 heavy (non-hydrogen) atoms. The maximum Gasteiger partial charge on any atom is 0.424 e. The maximum absolute atomic E-state index is 12.0. The van der Waals surface area contributed by atoms with E-state index in [0.717, 1.165) is 5.56 Å². The number of rotatable bonds is 6. The fourth-order valence-corrected chi connectivity index (χ4v) is 1.70. The number of esters is 1. The number of ether oxygens (including phenoxy) is 1. The van der Waals surface area contributed by atoms with Crippen LogP contribution in [0.4, 0.5) is 0 Å². The van der Waals surface area contributed by atoms with Crippen molar-refractivity contribution in [2.24, 2.45) is 5.16 Å². The van der Waals surface area contributed by atoms with Crippen molar-refractivity contribution in [1.82, 2.24) is 0 Å². The molecular formula is C17H15N3O3. The Morgan fingerprint density at radius 1 is 1.09 bits per heavy atom. The standard InChI is InChI=1S/C17H15N3O3/c1-13(20-23-15-10-6-3-7-11-15)16(19-18)17(21)22-12-14-8-4-2-5-9-14/h2-11H,12H2,1H3/b20-13+. The summed E-state index contributed by atoms with van der Waals surface area (Å²) in [6.07, 6.45) is 0. The molecule has 0 atom stereocenters. The van der Waals surface area contributed by atoms with Crippen molar-refractivity contribution in [1.29, 1.82) is 0 Å². The number of hydrogen-bond acceptors (Lipinski definition) is 4. The van der Waals surface area contributed by atoms with Crippen LogP contribution < -0.4 is 4.84 Å². The van der Waals surface area contributed by atoms with Crippen LogP contribution >= 0.6 is 0 Å². The molecule has 2 aromatic carbocycles. The fourth-order valence-electron chi connectivity index (χ4n) is 1.70. The highest BCUT2D eigenvalue weighted by Gasteiger charge is 2.26. The Kier molecular flexibility index (Phi) is 5.80. The van der Waals surface area contributed by atoms with Gasteiger partial charge in [0.1, 0.15) is 6.61 Å². The molecule has 0 saturated carbocycles. The predicted molar refractivity (Wildman–Crippen MR) is 85.0 cm³/mol. The molecule has 0 aliphatic rings. The Bertz CT molecular complexity index is 736. The number of benzene rings is 2. The summed E-state index contributed by atoms with van der Waals surface area (Å²) in [4.78, 5) is 20.0. The van der Waals surface area contributed by atoms with E-state index in [9.17, 15) is 4.79 Å². The number of carbonyl (C=O) groups is 1. The highest BCUT2D eigenvalue weighted by Crippen LogP contribution is 2.08. The van der Waals surface area contributed by atoms with E-state index in [1.54, 1.807) is 24.3 Å². The Balaban J connectivity index is 1.98. The maximum atomic E-state index is 12.0. The molecule has 2 aromatic rings. The van der Waals surface area contributed by atoms with Gasteiger partial charge < -0.3 is 15.1 Å². The minimum Gasteiger partial charge on any atom is -0.452 e. The van der Waals surface area contributed by atoms with Crippen LogP contribution in [0.2, 0.25) is 0 Å². The van der Waals surface area contributed by atoms with Crippen LogP contribution in [0.1, 0.15) is 12.5 Å². The zero-order valence-corrected chi connectivity index (χ0v) is 12.5.